The van der Waals surface area contributed by atoms with Crippen molar-refractivity contribution in [3.05, 3.63) is 97.2 Å². The van der Waals surface area contributed by atoms with Gasteiger partial charge >= 0.3 is 11.9 Å². The SMILES string of the molecule is CC/C=C\C/C=C\C/C=C\C/C=C\C/C=C\C/C=C\C/C=C\C/C=C\CCCCCCCCCCCCC(=O)OC(CO)COC(=O)CCCCCCCCCC. The van der Waals surface area contributed by atoms with Crippen LogP contribution in [0.1, 0.15) is 200 Å². The van der Waals surface area contributed by atoms with E-state index in [1.807, 2.05) is 0 Å². The molecule has 0 amide bonds. The van der Waals surface area contributed by atoms with Gasteiger partial charge in [-0.2, -0.15) is 0 Å². The highest BCUT2D eigenvalue weighted by Crippen LogP contribution is 2.14. The third kappa shape index (κ3) is 45.4. The van der Waals surface area contributed by atoms with Gasteiger partial charge in [0.25, 0.3) is 0 Å². The number of carbonyl (C=O) groups excluding carboxylic acids is 2. The van der Waals surface area contributed by atoms with Crippen molar-refractivity contribution >= 4 is 11.9 Å². The first-order chi connectivity index (χ1) is 28.1. The van der Waals surface area contributed by atoms with Crippen LogP contribution >= 0.6 is 0 Å². The molecular weight excluding hydrogens is 705 g/mol. The number of carbonyl (C=O) groups is 2. The number of aliphatic hydroxyl groups is 1. The number of hydrogen-bond donors (Lipinski definition) is 1. The molecule has 0 spiro atoms. The molecule has 0 aromatic rings. The summed E-state index contributed by atoms with van der Waals surface area (Å²) in [4.78, 5) is 24.2. The van der Waals surface area contributed by atoms with Gasteiger partial charge in [-0.3, -0.25) is 9.59 Å². The van der Waals surface area contributed by atoms with Crippen molar-refractivity contribution < 1.29 is 24.2 Å². The van der Waals surface area contributed by atoms with Crippen molar-refractivity contribution in [2.75, 3.05) is 13.2 Å². The molecular formula is C52H86O5. The lowest BCUT2D eigenvalue weighted by molar-refractivity contribution is -0.161. The Hall–Kier alpha value is -3.18. The van der Waals surface area contributed by atoms with Crippen LogP contribution in [0.5, 0.6) is 0 Å². The molecule has 0 heterocycles. The minimum atomic E-state index is -0.775. The molecule has 0 aromatic carbocycles. The molecule has 0 aliphatic heterocycles. The summed E-state index contributed by atoms with van der Waals surface area (Å²) >= 11 is 0. The molecule has 0 bridgehead atoms. The third-order valence-corrected chi connectivity index (χ3v) is 9.64. The number of unbranched alkanes of at least 4 members (excludes halogenated alkanes) is 17. The van der Waals surface area contributed by atoms with Gasteiger partial charge in [-0.1, -0.05) is 207 Å². The highest BCUT2D eigenvalue weighted by molar-refractivity contribution is 5.70. The molecule has 1 unspecified atom stereocenters. The summed E-state index contributed by atoms with van der Waals surface area (Å²) in [5.74, 6) is -0.605. The highest BCUT2D eigenvalue weighted by atomic mass is 16.6. The normalized spacial score (nSPS) is 13.1. The number of aliphatic hydroxyl groups excluding tert-OH is 1. The van der Waals surface area contributed by atoms with Crippen molar-refractivity contribution in [1.82, 2.24) is 0 Å². The van der Waals surface area contributed by atoms with E-state index in [4.69, 9.17) is 9.47 Å². The summed E-state index contributed by atoms with van der Waals surface area (Å²) in [6.07, 6.45) is 66.5. The first kappa shape index (κ1) is 53.8. The Morgan fingerprint density at radius 3 is 1.14 bits per heavy atom. The number of esters is 2. The minimum absolute atomic E-state index is 0.0702. The fourth-order valence-corrected chi connectivity index (χ4v) is 6.16. The van der Waals surface area contributed by atoms with Crippen molar-refractivity contribution in [3.63, 3.8) is 0 Å². The van der Waals surface area contributed by atoms with Crippen LogP contribution in [-0.2, 0) is 19.1 Å². The summed E-state index contributed by atoms with van der Waals surface area (Å²) in [5.41, 5.74) is 0. The molecule has 5 heteroatoms. The molecule has 57 heavy (non-hydrogen) atoms. The molecule has 0 aromatic heterocycles. The Kier molecular flexibility index (Phi) is 44.6. The Labute approximate surface area is 351 Å². The van der Waals surface area contributed by atoms with Crippen LogP contribution < -0.4 is 0 Å². The number of ether oxygens (including phenoxy) is 2. The van der Waals surface area contributed by atoms with Gasteiger partial charge in [0.2, 0.25) is 0 Å². The van der Waals surface area contributed by atoms with Gasteiger partial charge < -0.3 is 14.6 Å². The van der Waals surface area contributed by atoms with Crippen molar-refractivity contribution in [3.8, 4) is 0 Å². The smallest absolute Gasteiger partial charge is 0.306 e. The molecule has 0 rings (SSSR count). The van der Waals surface area contributed by atoms with E-state index in [2.05, 4.69) is 111 Å². The average molecular weight is 791 g/mol. The van der Waals surface area contributed by atoms with E-state index in [-0.39, 0.29) is 25.2 Å². The number of allylic oxidation sites excluding steroid dienone is 16. The van der Waals surface area contributed by atoms with E-state index in [1.54, 1.807) is 0 Å². The van der Waals surface area contributed by atoms with E-state index in [9.17, 15) is 14.7 Å². The Morgan fingerprint density at radius 1 is 0.421 bits per heavy atom. The Balaban J connectivity index is 3.56. The van der Waals surface area contributed by atoms with Crippen LogP contribution in [0.4, 0.5) is 0 Å². The molecule has 0 fully saturated rings. The van der Waals surface area contributed by atoms with Crippen molar-refractivity contribution in [2.24, 2.45) is 0 Å². The van der Waals surface area contributed by atoms with Gasteiger partial charge in [0.1, 0.15) is 6.61 Å². The largest absolute Gasteiger partial charge is 0.462 e. The zero-order valence-electron chi connectivity index (χ0n) is 36.8. The standard InChI is InChI=1S/C52H86O5/c1-3-5-7-9-11-13-14-15-16-17-18-19-20-21-22-23-24-25-26-27-28-29-30-31-32-33-34-35-36-37-38-39-41-43-45-47-52(55)57-50(48-53)49-56-51(54)46-44-42-40-12-10-8-6-4-2/h5,7,11,13,15-16,18-19,21-22,24-25,27-28,30-31,50,53H,3-4,6,8-10,12,14,17,20,23,26,29,32-49H2,1-2H3/b7-5-,13-11-,16-15-,19-18-,22-21-,25-24-,28-27-,31-30-. The second-order valence-corrected chi connectivity index (χ2v) is 15.1. The van der Waals surface area contributed by atoms with Crippen LogP contribution in [0, 0.1) is 0 Å². The van der Waals surface area contributed by atoms with E-state index in [0.29, 0.717) is 12.8 Å². The van der Waals surface area contributed by atoms with Crippen LogP contribution in [0.2, 0.25) is 0 Å². The van der Waals surface area contributed by atoms with Crippen LogP contribution in [0.3, 0.4) is 0 Å². The monoisotopic (exact) mass is 791 g/mol. The lowest BCUT2D eigenvalue weighted by atomic mass is 10.0. The molecule has 0 radical (unpaired) electrons. The van der Waals surface area contributed by atoms with Crippen LogP contribution in [0.15, 0.2) is 97.2 Å². The average Bonchev–Trinajstić information content (AvgIpc) is 3.21. The molecule has 1 atom stereocenters. The van der Waals surface area contributed by atoms with Crippen molar-refractivity contribution in [2.45, 2.75) is 206 Å². The summed E-state index contributed by atoms with van der Waals surface area (Å²) < 4.78 is 10.6. The van der Waals surface area contributed by atoms with Gasteiger partial charge in [-0.15, -0.1) is 0 Å². The van der Waals surface area contributed by atoms with Crippen molar-refractivity contribution in [1.29, 1.82) is 0 Å². The van der Waals surface area contributed by atoms with Gasteiger partial charge in [0.05, 0.1) is 6.61 Å². The fourth-order valence-electron chi connectivity index (χ4n) is 6.16. The topological polar surface area (TPSA) is 72.8 Å². The predicted octanol–water partition coefficient (Wildman–Crippen LogP) is 15.2. The molecule has 324 valence electrons. The summed E-state index contributed by atoms with van der Waals surface area (Å²) in [5, 5.41) is 9.54. The first-order valence-electron chi connectivity index (χ1n) is 23.3. The zero-order chi connectivity index (χ0) is 41.4. The fraction of sp³-hybridized carbons (Fsp3) is 0.654. The van der Waals surface area contributed by atoms with E-state index < -0.39 is 6.10 Å². The van der Waals surface area contributed by atoms with Crippen LogP contribution in [-0.4, -0.2) is 36.4 Å². The maximum atomic E-state index is 12.2. The predicted molar refractivity (Wildman–Crippen MR) is 246 cm³/mol. The maximum Gasteiger partial charge on any atom is 0.306 e. The zero-order valence-corrected chi connectivity index (χ0v) is 36.8. The Bertz CT molecular complexity index is 1120. The molecule has 5 nitrogen and oxygen atoms in total. The van der Waals surface area contributed by atoms with E-state index >= 15 is 0 Å². The number of rotatable bonds is 41. The van der Waals surface area contributed by atoms with Gasteiger partial charge in [-0.25, -0.2) is 0 Å². The maximum absolute atomic E-state index is 12.2. The lowest BCUT2D eigenvalue weighted by Gasteiger charge is -2.15. The molecule has 0 saturated heterocycles. The Morgan fingerprint density at radius 2 is 0.754 bits per heavy atom. The molecule has 0 aliphatic rings. The molecule has 0 saturated carbocycles. The first-order valence-corrected chi connectivity index (χ1v) is 23.3. The molecule has 0 aliphatic carbocycles. The highest BCUT2D eigenvalue weighted by Gasteiger charge is 2.16. The number of hydrogen-bond acceptors (Lipinski definition) is 5. The quantitative estimate of drug-likeness (QED) is 0.0379. The van der Waals surface area contributed by atoms with E-state index in [0.717, 1.165) is 89.9 Å². The molecule has 1 N–H and O–H groups in total. The minimum Gasteiger partial charge on any atom is -0.462 e. The third-order valence-electron chi connectivity index (χ3n) is 9.64. The van der Waals surface area contributed by atoms with Gasteiger partial charge in [-0.05, 0) is 77.0 Å². The van der Waals surface area contributed by atoms with E-state index in [1.165, 1.54) is 83.5 Å². The van der Waals surface area contributed by atoms with Crippen LogP contribution in [0.25, 0.3) is 0 Å². The second kappa shape index (κ2) is 47.2. The van der Waals surface area contributed by atoms with Gasteiger partial charge in [0, 0.05) is 12.8 Å². The van der Waals surface area contributed by atoms with Gasteiger partial charge in [0.15, 0.2) is 6.10 Å². The summed E-state index contributed by atoms with van der Waals surface area (Å²) in [6, 6.07) is 0. The summed E-state index contributed by atoms with van der Waals surface area (Å²) in [6.45, 7) is 3.98. The lowest BCUT2D eigenvalue weighted by Crippen LogP contribution is -2.28. The summed E-state index contributed by atoms with van der Waals surface area (Å²) in [7, 11) is 0. The second-order valence-electron chi connectivity index (χ2n) is 15.1.